The van der Waals surface area contributed by atoms with Gasteiger partial charge in [-0.2, -0.15) is 4.98 Å². The summed E-state index contributed by atoms with van der Waals surface area (Å²) in [6.45, 7) is 3.98. The number of likely N-dealkylation sites (N-methyl/N-ethyl adjacent to an activating group) is 1. The fraction of sp³-hybridized carbons (Fsp3) is 0.320. The molecule has 0 fully saturated rings. The summed E-state index contributed by atoms with van der Waals surface area (Å²) in [4.78, 5) is 24.5. The van der Waals surface area contributed by atoms with Crippen LogP contribution < -0.4 is 10.2 Å². The van der Waals surface area contributed by atoms with E-state index in [0.29, 0.717) is 23.1 Å². The second-order valence-electron chi connectivity index (χ2n) is 9.31. The maximum absolute atomic E-state index is 14.8. The van der Waals surface area contributed by atoms with Crippen molar-refractivity contribution in [1.29, 1.82) is 0 Å². The number of nitrogens with zero attached hydrogens (tertiary/aromatic N) is 4. The van der Waals surface area contributed by atoms with Crippen molar-refractivity contribution in [3.05, 3.63) is 70.1 Å². The van der Waals surface area contributed by atoms with Crippen LogP contribution in [0.5, 0.6) is 0 Å². The van der Waals surface area contributed by atoms with Crippen LogP contribution in [0.1, 0.15) is 30.0 Å². The van der Waals surface area contributed by atoms with Crippen molar-refractivity contribution in [2.75, 3.05) is 30.4 Å². The third kappa shape index (κ3) is 4.08. The summed E-state index contributed by atoms with van der Waals surface area (Å²) in [5.41, 5.74) is 3.56. The minimum atomic E-state index is -0.871. The highest BCUT2D eigenvalue weighted by molar-refractivity contribution is 6.33. The first-order chi connectivity index (χ1) is 16.2. The van der Waals surface area contributed by atoms with E-state index >= 15 is 0 Å². The highest BCUT2D eigenvalue weighted by atomic mass is 35.5. The molecule has 2 aliphatic rings. The molecule has 2 aliphatic heterocycles. The molecule has 0 aliphatic carbocycles. The van der Waals surface area contributed by atoms with Gasteiger partial charge in [0.2, 0.25) is 5.95 Å². The SMILES string of the molecule is CN1CCc2cc(F)c(Nc3ncc(Cl)c(N4C[C@](C)(CC(=O)O)c5ccccc54)n3)cc2C1. The lowest BCUT2D eigenvalue weighted by Crippen LogP contribution is -2.31. The van der Waals surface area contributed by atoms with E-state index in [1.54, 1.807) is 6.07 Å². The van der Waals surface area contributed by atoms with E-state index in [0.717, 1.165) is 41.9 Å². The molecule has 176 valence electrons. The number of fused-ring (bicyclic) bond motifs is 2. The molecule has 0 spiro atoms. The summed E-state index contributed by atoms with van der Waals surface area (Å²) >= 11 is 6.50. The van der Waals surface area contributed by atoms with Gasteiger partial charge in [0.1, 0.15) is 10.8 Å². The lowest BCUT2D eigenvalue weighted by Gasteiger charge is -2.26. The molecular formula is C25H25ClFN5O2. The van der Waals surface area contributed by atoms with E-state index in [4.69, 9.17) is 11.6 Å². The van der Waals surface area contributed by atoms with Gasteiger partial charge in [-0.15, -0.1) is 0 Å². The van der Waals surface area contributed by atoms with Gasteiger partial charge in [0.05, 0.1) is 18.3 Å². The molecule has 34 heavy (non-hydrogen) atoms. The lowest BCUT2D eigenvalue weighted by atomic mass is 9.81. The number of carbonyl (C=O) groups is 1. The van der Waals surface area contributed by atoms with Gasteiger partial charge in [-0.3, -0.25) is 4.79 Å². The number of aliphatic carboxylic acids is 1. The van der Waals surface area contributed by atoms with Gasteiger partial charge in [0.15, 0.2) is 5.82 Å². The van der Waals surface area contributed by atoms with Crippen molar-refractivity contribution in [2.45, 2.75) is 31.7 Å². The minimum absolute atomic E-state index is 0.0247. The number of hydrogen-bond acceptors (Lipinski definition) is 6. The molecule has 0 unspecified atom stereocenters. The first kappa shape index (κ1) is 22.6. The number of para-hydroxylation sites is 1. The maximum Gasteiger partial charge on any atom is 0.304 e. The number of hydrogen-bond donors (Lipinski definition) is 2. The van der Waals surface area contributed by atoms with Gasteiger partial charge in [-0.25, -0.2) is 9.37 Å². The number of nitrogens with one attached hydrogen (secondary N) is 1. The van der Waals surface area contributed by atoms with Crippen LogP contribution in [-0.2, 0) is 23.2 Å². The second-order valence-corrected chi connectivity index (χ2v) is 9.72. The number of carboxylic acid groups (broad SMARTS) is 1. The predicted octanol–water partition coefficient (Wildman–Crippen LogP) is 4.88. The number of carboxylic acids is 1. The van der Waals surface area contributed by atoms with Gasteiger partial charge >= 0.3 is 5.97 Å². The van der Waals surface area contributed by atoms with Crippen LogP contribution in [0.25, 0.3) is 0 Å². The Labute approximate surface area is 202 Å². The van der Waals surface area contributed by atoms with Gasteiger partial charge < -0.3 is 20.2 Å². The first-order valence-corrected chi connectivity index (χ1v) is 11.5. The Bertz CT molecular complexity index is 1290. The minimum Gasteiger partial charge on any atom is -0.481 e. The maximum atomic E-state index is 14.8. The van der Waals surface area contributed by atoms with E-state index in [1.807, 2.05) is 49.2 Å². The number of halogens is 2. The van der Waals surface area contributed by atoms with Crippen LogP contribution in [0.2, 0.25) is 5.02 Å². The van der Waals surface area contributed by atoms with E-state index in [2.05, 4.69) is 20.2 Å². The van der Waals surface area contributed by atoms with E-state index < -0.39 is 11.4 Å². The van der Waals surface area contributed by atoms with E-state index in [1.165, 1.54) is 6.20 Å². The van der Waals surface area contributed by atoms with Gasteiger partial charge in [0, 0.05) is 30.7 Å². The molecule has 0 bridgehead atoms. The molecule has 5 rings (SSSR count). The molecule has 1 aromatic heterocycles. The predicted molar refractivity (Wildman–Crippen MR) is 130 cm³/mol. The fourth-order valence-corrected chi connectivity index (χ4v) is 5.15. The van der Waals surface area contributed by atoms with Crippen molar-refractivity contribution in [2.24, 2.45) is 0 Å². The molecule has 0 saturated heterocycles. The van der Waals surface area contributed by atoms with Crippen LogP contribution >= 0.6 is 11.6 Å². The molecule has 3 heterocycles. The average Bonchev–Trinajstić information content (AvgIpc) is 3.07. The molecule has 9 heteroatoms. The van der Waals surface area contributed by atoms with Crippen molar-refractivity contribution in [3.63, 3.8) is 0 Å². The molecule has 0 radical (unpaired) electrons. The fourth-order valence-electron chi connectivity index (χ4n) is 4.96. The van der Waals surface area contributed by atoms with Crippen molar-refractivity contribution >= 4 is 40.7 Å². The summed E-state index contributed by atoms with van der Waals surface area (Å²) in [7, 11) is 2.04. The Morgan fingerprint density at radius 3 is 2.88 bits per heavy atom. The van der Waals surface area contributed by atoms with Crippen molar-refractivity contribution < 1.29 is 14.3 Å². The quantitative estimate of drug-likeness (QED) is 0.537. The zero-order valence-electron chi connectivity index (χ0n) is 19.0. The Morgan fingerprint density at radius 2 is 2.09 bits per heavy atom. The molecule has 0 saturated carbocycles. The summed E-state index contributed by atoms with van der Waals surface area (Å²) in [6.07, 6.45) is 2.27. The zero-order chi connectivity index (χ0) is 24.0. The number of aromatic nitrogens is 2. The first-order valence-electron chi connectivity index (χ1n) is 11.1. The van der Waals surface area contributed by atoms with Crippen LogP contribution in [-0.4, -0.2) is 46.1 Å². The molecule has 1 atom stereocenters. The molecule has 3 aromatic rings. The third-order valence-corrected chi connectivity index (χ3v) is 6.88. The smallest absolute Gasteiger partial charge is 0.304 e. The Kier molecular flexibility index (Phi) is 5.65. The molecule has 2 aromatic carbocycles. The summed E-state index contributed by atoms with van der Waals surface area (Å²) in [6, 6.07) is 11.0. The second kappa shape index (κ2) is 8.52. The lowest BCUT2D eigenvalue weighted by molar-refractivity contribution is -0.138. The number of anilines is 4. The molecule has 2 N–H and O–H groups in total. The highest BCUT2D eigenvalue weighted by Gasteiger charge is 2.42. The Morgan fingerprint density at radius 1 is 1.29 bits per heavy atom. The van der Waals surface area contributed by atoms with Crippen LogP contribution in [0.15, 0.2) is 42.6 Å². The Hall–Kier alpha value is -3.23. The van der Waals surface area contributed by atoms with Crippen molar-refractivity contribution in [3.8, 4) is 0 Å². The monoisotopic (exact) mass is 481 g/mol. The van der Waals surface area contributed by atoms with Gasteiger partial charge in [0.25, 0.3) is 0 Å². The summed E-state index contributed by atoms with van der Waals surface area (Å²) < 4.78 is 14.8. The summed E-state index contributed by atoms with van der Waals surface area (Å²) in [5.74, 6) is -0.571. The largest absolute Gasteiger partial charge is 0.481 e. The average molecular weight is 482 g/mol. The molecular weight excluding hydrogens is 457 g/mol. The Balaban J connectivity index is 1.49. The van der Waals surface area contributed by atoms with Crippen LogP contribution in [0.4, 0.5) is 27.5 Å². The van der Waals surface area contributed by atoms with Crippen molar-refractivity contribution in [1.82, 2.24) is 14.9 Å². The van der Waals surface area contributed by atoms with Crippen LogP contribution in [0.3, 0.4) is 0 Å². The molecule has 0 amide bonds. The number of benzene rings is 2. The highest BCUT2D eigenvalue weighted by Crippen LogP contribution is 2.47. The molecule has 7 nitrogen and oxygen atoms in total. The standard InChI is InChI=1S/C25H25ClFN5O2/c1-25(11-22(33)34)14-32(21-6-4-3-5-17(21)25)23-18(26)12-28-24(30-23)29-20-10-16-13-31(2)8-7-15(16)9-19(20)27/h3-6,9-10,12H,7-8,11,13-14H2,1-2H3,(H,33,34)(H,28,29,30)/t25-/m0/s1. The van der Waals surface area contributed by atoms with E-state index in [9.17, 15) is 14.3 Å². The normalized spacial score (nSPS) is 19.6. The third-order valence-electron chi connectivity index (χ3n) is 6.61. The van der Waals surface area contributed by atoms with Gasteiger partial charge in [-0.1, -0.05) is 36.7 Å². The van der Waals surface area contributed by atoms with Gasteiger partial charge in [-0.05, 0) is 48.4 Å². The number of rotatable bonds is 5. The zero-order valence-corrected chi connectivity index (χ0v) is 19.7. The van der Waals surface area contributed by atoms with E-state index in [-0.39, 0.29) is 18.2 Å². The van der Waals surface area contributed by atoms with Crippen LogP contribution in [0, 0.1) is 5.82 Å². The topological polar surface area (TPSA) is 81.6 Å². The summed E-state index contributed by atoms with van der Waals surface area (Å²) in [5, 5.41) is 12.8.